The third-order valence-electron chi connectivity index (χ3n) is 2.41. The summed E-state index contributed by atoms with van der Waals surface area (Å²) in [5.41, 5.74) is 0. The first-order chi connectivity index (χ1) is 10.2. The molecule has 0 bridgehead atoms. The highest BCUT2D eigenvalue weighted by atomic mass is 32.2. The van der Waals surface area contributed by atoms with Crippen LogP contribution in [0.3, 0.4) is 0 Å². The number of hydrogen-bond donors (Lipinski definition) is 3. The van der Waals surface area contributed by atoms with Gasteiger partial charge in [-0.25, -0.2) is 4.57 Å². The van der Waals surface area contributed by atoms with Gasteiger partial charge in [-0.3, -0.25) is 4.57 Å². The smallest absolute Gasteiger partial charge is 0.388 e. The van der Waals surface area contributed by atoms with Crippen molar-refractivity contribution in [2.75, 3.05) is 5.90 Å². The molecule has 0 fully saturated rings. The molecule has 0 spiro atoms. The van der Waals surface area contributed by atoms with E-state index in [1.807, 2.05) is 30.3 Å². The van der Waals surface area contributed by atoms with Crippen LogP contribution in [0.5, 0.6) is 5.75 Å². The van der Waals surface area contributed by atoms with Crippen LogP contribution in [0.1, 0.15) is 0 Å². The molecule has 2 aromatic carbocycles. The van der Waals surface area contributed by atoms with Crippen molar-refractivity contribution in [2.45, 2.75) is 9.79 Å². The fraction of sp³-hybridized carbons (Fsp3) is 0.0769. The zero-order valence-electron chi connectivity index (χ0n) is 11.3. The van der Waals surface area contributed by atoms with Crippen molar-refractivity contribution in [1.82, 2.24) is 0 Å². The predicted octanol–water partition coefficient (Wildman–Crippen LogP) is 3.54. The molecule has 9 heteroatoms. The van der Waals surface area contributed by atoms with Crippen LogP contribution in [0.25, 0.3) is 0 Å². The van der Waals surface area contributed by atoms with Gasteiger partial charge in [-0.2, -0.15) is 0 Å². The highest BCUT2D eigenvalue weighted by Crippen LogP contribution is 2.55. The molecule has 0 saturated heterocycles. The molecule has 1 unspecified atom stereocenters. The average molecular weight is 360 g/mol. The van der Waals surface area contributed by atoms with E-state index in [-0.39, 0.29) is 5.75 Å². The van der Waals surface area contributed by atoms with Gasteiger partial charge in [-0.05, 0) is 36.4 Å². The molecule has 0 aliphatic carbocycles. The van der Waals surface area contributed by atoms with Crippen molar-refractivity contribution in [2.24, 2.45) is 0 Å². The maximum Gasteiger partial charge on any atom is 0.388 e. The maximum absolute atomic E-state index is 11.6. The Balaban J connectivity index is 2.03. The molecular formula is C13H14O6P2S. The van der Waals surface area contributed by atoms with E-state index in [0.717, 1.165) is 9.79 Å². The minimum Gasteiger partial charge on any atom is -0.424 e. The maximum atomic E-state index is 11.6. The SMILES string of the molecule is O=P(O)(O)CP(=O)(O)Oc1ccc(Sc2ccccc2)cc1. The lowest BCUT2D eigenvalue weighted by molar-refractivity contribution is 0.360. The Morgan fingerprint density at radius 1 is 0.864 bits per heavy atom. The third-order valence-corrected chi connectivity index (χ3v) is 6.83. The lowest BCUT2D eigenvalue weighted by Crippen LogP contribution is -1.98. The van der Waals surface area contributed by atoms with E-state index in [4.69, 9.17) is 14.3 Å². The Kier molecular flexibility index (Phi) is 5.50. The molecule has 0 amide bonds. The van der Waals surface area contributed by atoms with Crippen molar-refractivity contribution >= 4 is 27.0 Å². The average Bonchev–Trinajstić information content (AvgIpc) is 2.39. The largest absolute Gasteiger partial charge is 0.424 e. The zero-order valence-corrected chi connectivity index (χ0v) is 13.9. The van der Waals surface area contributed by atoms with E-state index in [1.165, 1.54) is 23.9 Å². The van der Waals surface area contributed by atoms with Crippen molar-refractivity contribution in [3.8, 4) is 5.75 Å². The van der Waals surface area contributed by atoms with Gasteiger partial charge in [0.25, 0.3) is 0 Å². The second kappa shape index (κ2) is 7.01. The topological polar surface area (TPSA) is 104 Å². The quantitative estimate of drug-likeness (QED) is 0.677. The summed E-state index contributed by atoms with van der Waals surface area (Å²) in [7, 11) is -9.01. The van der Waals surface area contributed by atoms with Crippen molar-refractivity contribution in [1.29, 1.82) is 0 Å². The molecule has 0 saturated carbocycles. The van der Waals surface area contributed by atoms with E-state index < -0.39 is 21.1 Å². The summed E-state index contributed by atoms with van der Waals surface area (Å²) in [5, 5.41) is 0. The second-order valence-corrected chi connectivity index (χ2v) is 9.49. The van der Waals surface area contributed by atoms with Crippen LogP contribution in [0.15, 0.2) is 64.4 Å². The Hall–Kier alpha value is -1.07. The molecule has 2 rings (SSSR count). The molecule has 0 heterocycles. The van der Waals surface area contributed by atoms with Crippen LogP contribution < -0.4 is 4.52 Å². The van der Waals surface area contributed by atoms with E-state index in [1.54, 1.807) is 12.1 Å². The lowest BCUT2D eigenvalue weighted by atomic mass is 10.3. The van der Waals surface area contributed by atoms with Crippen molar-refractivity contribution in [3.63, 3.8) is 0 Å². The van der Waals surface area contributed by atoms with Gasteiger partial charge in [0.05, 0.1) is 0 Å². The van der Waals surface area contributed by atoms with Crippen LogP contribution >= 0.6 is 27.0 Å². The molecule has 0 aliphatic heterocycles. The molecule has 3 N–H and O–H groups in total. The third kappa shape index (κ3) is 5.97. The number of benzene rings is 2. The minimum atomic E-state index is -4.62. The van der Waals surface area contributed by atoms with E-state index >= 15 is 0 Å². The minimum absolute atomic E-state index is 0.0803. The summed E-state index contributed by atoms with van der Waals surface area (Å²) >= 11 is 1.51. The molecule has 0 aromatic heterocycles. The Morgan fingerprint density at radius 3 is 1.95 bits per heavy atom. The number of hydrogen-bond acceptors (Lipinski definition) is 4. The molecule has 118 valence electrons. The second-order valence-electron chi connectivity index (χ2n) is 4.42. The van der Waals surface area contributed by atoms with Crippen LogP contribution in [0.4, 0.5) is 0 Å². The molecular weight excluding hydrogens is 346 g/mol. The summed E-state index contributed by atoms with van der Waals surface area (Å²) in [6.45, 7) is 0. The highest BCUT2D eigenvalue weighted by Gasteiger charge is 2.32. The summed E-state index contributed by atoms with van der Waals surface area (Å²) in [6, 6.07) is 16.0. The van der Waals surface area contributed by atoms with Gasteiger partial charge in [-0.1, -0.05) is 30.0 Å². The van der Waals surface area contributed by atoms with Gasteiger partial charge in [0.15, 0.2) is 5.90 Å². The van der Waals surface area contributed by atoms with Gasteiger partial charge < -0.3 is 19.2 Å². The molecule has 0 aliphatic rings. The molecule has 22 heavy (non-hydrogen) atoms. The van der Waals surface area contributed by atoms with Crippen LogP contribution in [0, 0.1) is 0 Å². The van der Waals surface area contributed by atoms with Gasteiger partial charge in [0.2, 0.25) is 0 Å². The monoisotopic (exact) mass is 360 g/mol. The normalized spacial score (nSPS) is 14.3. The molecule has 6 nitrogen and oxygen atoms in total. The van der Waals surface area contributed by atoms with Crippen molar-refractivity contribution < 1.29 is 28.3 Å². The molecule has 2 aromatic rings. The molecule has 0 radical (unpaired) electrons. The lowest BCUT2D eigenvalue weighted by Gasteiger charge is -2.14. The van der Waals surface area contributed by atoms with Gasteiger partial charge in [0, 0.05) is 9.79 Å². The highest BCUT2D eigenvalue weighted by molar-refractivity contribution is 7.99. The fourth-order valence-electron chi connectivity index (χ4n) is 1.62. The summed E-state index contributed by atoms with van der Waals surface area (Å²) in [4.78, 5) is 28.9. The van der Waals surface area contributed by atoms with Crippen LogP contribution in [-0.2, 0) is 9.13 Å². The fourth-order valence-corrected chi connectivity index (χ4v) is 5.00. The first kappa shape index (κ1) is 17.3. The Morgan fingerprint density at radius 2 is 1.41 bits per heavy atom. The van der Waals surface area contributed by atoms with E-state index in [9.17, 15) is 14.0 Å². The predicted molar refractivity (Wildman–Crippen MR) is 84.4 cm³/mol. The summed E-state index contributed by atoms with van der Waals surface area (Å²) in [5.74, 6) is -1.13. The van der Waals surface area contributed by atoms with E-state index in [2.05, 4.69) is 0 Å². The standard InChI is InChI=1S/C13H14O6P2S/c14-20(15,16)10-21(17,18)19-11-6-8-13(9-7-11)22-12-4-2-1-3-5-12/h1-9H,10H2,(H,17,18)(H2,14,15,16). The first-order valence-corrected chi connectivity index (χ1v) is 10.5. The molecule has 1 atom stereocenters. The van der Waals surface area contributed by atoms with Gasteiger partial charge in [0.1, 0.15) is 5.75 Å². The summed E-state index contributed by atoms with van der Waals surface area (Å²) < 4.78 is 27.2. The Bertz CT molecular complexity index is 713. The number of rotatable bonds is 6. The van der Waals surface area contributed by atoms with Gasteiger partial charge in [-0.15, -0.1) is 0 Å². The first-order valence-electron chi connectivity index (χ1n) is 6.12. The van der Waals surface area contributed by atoms with E-state index in [0.29, 0.717) is 0 Å². The van der Waals surface area contributed by atoms with Gasteiger partial charge >= 0.3 is 15.2 Å². The van der Waals surface area contributed by atoms with Crippen LogP contribution in [-0.4, -0.2) is 20.6 Å². The van der Waals surface area contributed by atoms with Crippen LogP contribution in [0.2, 0.25) is 0 Å². The zero-order chi connectivity index (χ0) is 16.2. The Labute approximate surface area is 131 Å². The van der Waals surface area contributed by atoms with Crippen molar-refractivity contribution in [3.05, 3.63) is 54.6 Å². The summed E-state index contributed by atoms with van der Waals surface area (Å²) in [6.07, 6.45) is 0.